The molecule has 1 fully saturated rings. The Kier molecular flexibility index (Phi) is 8.25. The van der Waals surface area contributed by atoms with E-state index in [9.17, 15) is 5.11 Å². The second kappa shape index (κ2) is 10.9. The Hall–Kier alpha value is -2.20. The van der Waals surface area contributed by atoms with Crippen molar-refractivity contribution in [3.05, 3.63) is 60.2 Å². The van der Waals surface area contributed by atoms with Gasteiger partial charge in [0.05, 0.1) is 20.3 Å². The molecule has 1 saturated heterocycles. The molecule has 4 atom stereocenters. The molecular formula is C23H30O8. The molecule has 1 aliphatic heterocycles. The first-order valence-corrected chi connectivity index (χ1v) is 9.97. The van der Waals surface area contributed by atoms with Crippen molar-refractivity contribution >= 4 is 0 Å². The average Bonchev–Trinajstić information content (AvgIpc) is 2.81. The van der Waals surface area contributed by atoms with Crippen LogP contribution in [0.3, 0.4) is 0 Å². The normalized spacial score (nSPS) is 25.2. The van der Waals surface area contributed by atoms with Crippen LogP contribution in [0.15, 0.2) is 54.6 Å². The number of aliphatic hydroxyl groups excluding tert-OH is 1. The summed E-state index contributed by atoms with van der Waals surface area (Å²) in [4.78, 5) is 0. The zero-order valence-electron chi connectivity index (χ0n) is 18.2. The van der Waals surface area contributed by atoms with Gasteiger partial charge in [0, 0.05) is 21.3 Å². The number of rotatable bonds is 10. The highest BCUT2D eigenvalue weighted by Crippen LogP contribution is 2.36. The van der Waals surface area contributed by atoms with Gasteiger partial charge in [0.25, 0.3) is 0 Å². The Balaban J connectivity index is 1.87. The zero-order valence-corrected chi connectivity index (χ0v) is 18.2. The lowest BCUT2D eigenvalue weighted by atomic mass is 9.94. The monoisotopic (exact) mass is 434 g/mol. The first-order valence-electron chi connectivity index (χ1n) is 9.97. The third-order valence-electron chi connectivity index (χ3n) is 5.29. The van der Waals surface area contributed by atoms with E-state index in [0.717, 1.165) is 5.56 Å². The topological polar surface area (TPSA) is 84.8 Å². The van der Waals surface area contributed by atoms with Crippen LogP contribution in [0.2, 0.25) is 0 Å². The molecule has 0 amide bonds. The van der Waals surface area contributed by atoms with Crippen molar-refractivity contribution < 1.29 is 38.3 Å². The molecule has 2 aromatic rings. The summed E-state index contributed by atoms with van der Waals surface area (Å²) in [5, 5.41) is 11.3. The van der Waals surface area contributed by atoms with Gasteiger partial charge in [-0.3, -0.25) is 0 Å². The molecule has 8 nitrogen and oxygen atoms in total. The van der Waals surface area contributed by atoms with Crippen LogP contribution in [0.25, 0.3) is 0 Å². The molecule has 1 N–H and O–H groups in total. The first kappa shape index (κ1) is 23.5. The summed E-state index contributed by atoms with van der Waals surface area (Å²) < 4.78 is 39.9. The van der Waals surface area contributed by atoms with E-state index in [2.05, 4.69) is 0 Å². The smallest absolute Gasteiger partial charge is 0.229 e. The third kappa shape index (κ3) is 5.17. The summed E-state index contributed by atoms with van der Waals surface area (Å²) in [6.07, 6.45) is -3.83. The lowest BCUT2D eigenvalue weighted by Crippen LogP contribution is -2.70. The van der Waals surface area contributed by atoms with E-state index in [-0.39, 0.29) is 13.2 Å². The molecule has 3 rings (SSSR count). The van der Waals surface area contributed by atoms with Crippen LogP contribution < -0.4 is 9.47 Å². The molecule has 0 spiro atoms. The van der Waals surface area contributed by atoms with Crippen molar-refractivity contribution in [3.8, 4) is 11.5 Å². The van der Waals surface area contributed by atoms with E-state index < -0.39 is 30.4 Å². The highest BCUT2D eigenvalue weighted by molar-refractivity contribution is 5.31. The van der Waals surface area contributed by atoms with Crippen LogP contribution in [0.1, 0.15) is 5.56 Å². The quantitative estimate of drug-likeness (QED) is 0.571. The molecule has 170 valence electrons. The van der Waals surface area contributed by atoms with Gasteiger partial charge in [0.1, 0.15) is 23.7 Å². The molecule has 1 aliphatic rings. The highest BCUT2D eigenvalue weighted by atomic mass is 16.8. The second-order valence-electron chi connectivity index (χ2n) is 7.08. The van der Waals surface area contributed by atoms with Crippen molar-refractivity contribution in [2.75, 3.05) is 35.0 Å². The largest absolute Gasteiger partial charge is 0.497 e. The van der Waals surface area contributed by atoms with Crippen LogP contribution in [0.5, 0.6) is 11.5 Å². The fourth-order valence-corrected chi connectivity index (χ4v) is 3.62. The van der Waals surface area contributed by atoms with Crippen LogP contribution in [-0.4, -0.2) is 70.5 Å². The Morgan fingerprint density at radius 3 is 2.13 bits per heavy atom. The van der Waals surface area contributed by atoms with Gasteiger partial charge >= 0.3 is 0 Å². The fraction of sp³-hybridized carbons (Fsp3) is 0.478. The van der Waals surface area contributed by atoms with Gasteiger partial charge < -0.3 is 38.3 Å². The maximum absolute atomic E-state index is 11.3. The van der Waals surface area contributed by atoms with Crippen molar-refractivity contribution in [1.29, 1.82) is 0 Å². The minimum absolute atomic E-state index is 0.118. The fourth-order valence-electron chi connectivity index (χ4n) is 3.62. The number of ether oxygens (including phenoxy) is 7. The summed E-state index contributed by atoms with van der Waals surface area (Å²) in [7, 11) is 6.01. The maximum atomic E-state index is 11.3. The molecule has 0 unspecified atom stereocenters. The number of hydrogen-bond acceptors (Lipinski definition) is 8. The summed E-state index contributed by atoms with van der Waals surface area (Å²) in [6, 6.07) is 16.7. The van der Waals surface area contributed by atoms with Crippen LogP contribution in [-0.2, 0) is 30.3 Å². The standard InChI is InChI=1S/C23H30O8/c1-25-15-19-23(27-3,28-4)21(24)20(29-14-16-8-6-5-7-9-16)22(31-19)30-18-12-10-17(26-2)11-13-18/h5-13,19-22,24H,14-15H2,1-4H3/t19-,20-,21-,22-/m1/s1. The van der Waals surface area contributed by atoms with Crippen molar-refractivity contribution in [1.82, 2.24) is 0 Å². The lowest BCUT2D eigenvalue weighted by Gasteiger charge is -2.49. The van der Waals surface area contributed by atoms with Crippen LogP contribution in [0.4, 0.5) is 0 Å². The van der Waals surface area contributed by atoms with E-state index >= 15 is 0 Å². The Morgan fingerprint density at radius 2 is 1.55 bits per heavy atom. The Labute approximate surface area is 182 Å². The van der Waals surface area contributed by atoms with Gasteiger partial charge in [0.2, 0.25) is 12.1 Å². The molecule has 0 saturated carbocycles. The van der Waals surface area contributed by atoms with Crippen molar-refractivity contribution in [2.45, 2.75) is 37.0 Å². The summed E-state index contributed by atoms with van der Waals surface area (Å²) in [5.74, 6) is -0.259. The SMILES string of the molecule is COC[C@H]1O[C@@H](Oc2ccc(OC)cc2)[C@H](OCc2ccccc2)[C@@H](O)C1(OC)OC. The molecular weight excluding hydrogens is 404 g/mol. The van der Waals surface area contributed by atoms with Gasteiger partial charge in [-0.05, 0) is 29.8 Å². The minimum atomic E-state index is -1.49. The molecule has 8 heteroatoms. The van der Waals surface area contributed by atoms with Gasteiger partial charge in [-0.2, -0.15) is 0 Å². The predicted molar refractivity (Wildman–Crippen MR) is 112 cm³/mol. The molecule has 0 bridgehead atoms. The molecule has 0 aromatic heterocycles. The van der Waals surface area contributed by atoms with Gasteiger partial charge in [-0.15, -0.1) is 0 Å². The number of aliphatic hydroxyl groups is 1. The molecule has 1 heterocycles. The Bertz CT molecular complexity index is 778. The molecule has 0 radical (unpaired) electrons. The lowest BCUT2D eigenvalue weighted by molar-refractivity contribution is -0.394. The number of benzene rings is 2. The van der Waals surface area contributed by atoms with Crippen molar-refractivity contribution in [3.63, 3.8) is 0 Å². The number of hydrogen-bond donors (Lipinski definition) is 1. The van der Waals surface area contributed by atoms with E-state index in [1.165, 1.54) is 21.3 Å². The van der Waals surface area contributed by atoms with Gasteiger partial charge in [0.15, 0.2) is 6.10 Å². The summed E-state index contributed by atoms with van der Waals surface area (Å²) in [5.41, 5.74) is 0.942. The third-order valence-corrected chi connectivity index (χ3v) is 5.29. The highest BCUT2D eigenvalue weighted by Gasteiger charge is 2.59. The molecule has 31 heavy (non-hydrogen) atoms. The van der Waals surface area contributed by atoms with E-state index in [0.29, 0.717) is 11.5 Å². The van der Waals surface area contributed by atoms with E-state index in [4.69, 9.17) is 33.2 Å². The minimum Gasteiger partial charge on any atom is -0.497 e. The molecule has 2 aromatic carbocycles. The van der Waals surface area contributed by atoms with Crippen molar-refractivity contribution in [2.24, 2.45) is 0 Å². The summed E-state index contributed by atoms with van der Waals surface area (Å²) >= 11 is 0. The van der Waals surface area contributed by atoms with E-state index in [1.54, 1.807) is 31.4 Å². The molecule has 0 aliphatic carbocycles. The van der Waals surface area contributed by atoms with Crippen LogP contribution in [0, 0.1) is 0 Å². The average molecular weight is 434 g/mol. The number of methoxy groups -OCH3 is 4. The van der Waals surface area contributed by atoms with Gasteiger partial charge in [-0.1, -0.05) is 30.3 Å². The van der Waals surface area contributed by atoms with Crippen LogP contribution >= 0.6 is 0 Å². The maximum Gasteiger partial charge on any atom is 0.229 e. The summed E-state index contributed by atoms with van der Waals surface area (Å²) in [6.45, 7) is 0.361. The first-order chi connectivity index (χ1) is 15.1. The predicted octanol–water partition coefficient (Wildman–Crippen LogP) is 2.38. The van der Waals surface area contributed by atoms with Gasteiger partial charge in [-0.25, -0.2) is 0 Å². The zero-order chi connectivity index (χ0) is 22.3. The second-order valence-corrected chi connectivity index (χ2v) is 7.08. The van der Waals surface area contributed by atoms with E-state index in [1.807, 2.05) is 30.3 Å². The Morgan fingerprint density at radius 1 is 0.903 bits per heavy atom.